The Kier molecular flexibility index (Phi) is 7.29. The Morgan fingerprint density at radius 2 is 1.85 bits per heavy atom. The number of amides is 2. The first-order valence-electron chi connectivity index (χ1n) is 10.9. The molecule has 0 fully saturated rings. The smallest absolute Gasteiger partial charge is 0.233 e. The predicted molar refractivity (Wildman–Crippen MR) is 127 cm³/mol. The molecule has 4 rings (SSSR count). The highest BCUT2D eigenvalue weighted by Crippen LogP contribution is 2.22. The van der Waals surface area contributed by atoms with Gasteiger partial charge in [-0.25, -0.2) is 0 Å². The number of thioether (sulfide) groups is 1. The lowest BCUT2D eigenvalue weighted by Gasteiger charge is -2.28. The number of rotatable bonds is 8. The van der Waals surface area contributed by atoms with E-state index in [2.05, 4.69) is 27.6 Å². The van der Waals surface area contributed by atoms with E-state index in [-0.39, 0.29) is 24.0 Å². The fourth-order valence-electron chi connectivity index (χ4n) is 3.70. The highest BCUT2D eigenvalue weighted by Gasteiger charge is 2.21. The summed E-state index contributed by atoms with van der Waals surface area (Å²) in [5.41, 5.74) is 3.21. The van der Waals surface area contributed by atoms with Crippen LogP contribution in [0.1, 0.15) is 23.9 Å². The van der Waals surface area contributed by atoms with Gasteiger partial charge >= 0.3 is 0 Å². The molecule has 9 heteroatoms. The third kappa shape index (κ3) is 5.73. The summed E-state index contributed by atoms with van der Waals surface area (Å²) in [5, 5.41) is 11.8. The molecule has 0 aliphatic carbocycles. The number of hydrogen-bond acceptors (Lipinski definition) is 6. The number of nitrogens with zero attached hydrogens (tertiary/aromatic N) is 4. The van der Waals surface area contributed by atoms with Crippen LogP contribution in [0, 0.1) is 0 Å². The van der Waals surface area contributed by atoms with Crippen LogP contribution in [0.4, 0.5) is 5.69 Å². The zero-order valence-corrected chi connectivity index (χ0v) is 19.6. The summed E-state index contributed by atoms with van der Waals surface area (Å²) in [4.78, 5) is 27.0. The zero-order chi connectivity index (χ0) is 23.2. The maximum atomic E-state index is 12.7. The van der Waals surface area contributed by atoms with E-state index in [4.69, 9.17) is 4.74 Å². The number of hydrogen-bond donors (Lipinski definition) is 1. The Morgan fingerprint density at radius 1 is 1.09 bits per heavy atom. The zero-order valence-electron chi connectivity index (χ0n) is 18.8. The van der Waals surface area contributed by atoms with Gasteiger partial charge in [0.1, 0.15) is 11.6 Å². The molecule has 1 aliphatic rings. The van der Waals surface area contributed by atoms with Gasteiger partial charge in [-0.2, -0.15) is 0 Å². The number of carbonyl (C=O) groups excluding carboxylic acids is 2. The van der Waals surface area contributed by atoms with Gasteiger partial charge in [0.2, 0.25) is 11.8 Å². The van der Waals surface area contributed by atoms with E-state index in [0.29, 0.717) is 29.8 Å². The second-order valence-corrected chi connectivity index (χ2v) is 8.71. The Morgan fingerprint density at radius 3 is 2.61 bits per heavy atom. The van der Waals surface area contributed by atoms with Crippen molar-refractivity contribution in [2.75, 3.05) is 24.2 Å². The summed E-state index contributed by atoms with van der Waals surface area (Å²) in [6.07, 6.45) is 0.971. The van der Waals surface area contributed by atoms with Gasteiger partial charge in [0, 0.05) is 25.8 Å². The second-order valence-electron chi connectivity index (χ2n) is 7.76. The number of ether oxygens (including phenoxy) is 1. The first-order valence-corrected chi connectivity index (χ1v) is 11.9. The van der Waals surface area contributed by atoms with Gasteiger partial charge in [0.25, 0.3) is 0 Å². The number of benzene rings is 2. The van der Waals surface area contributed by atoms with Gasteiger partial charge < -0.3 is 19.5 Å². The molecular weight excluding hydrogens is 438 g/mol. The molecule has 0 saturated heterocycles. The van der Waals surface area contributed by atoms with Crippen LogP contribution in [0.2, 0.25) is 0 Å². The van der Waals surface area contributed by atoms with E-state index in [1.807, 2.05) is 43.1 Å². The molecular formula is C24H27N5O3S. The molecule has 0 radical (unpaired) electrons. The van der Waals surface area contributed by atoms with Crippen LogP contribution in [0.15, 0.2) is 53.7 Å². The van der Waals surface area contributed by atoms with E-state index < -0.39 is 0 Å². The molecule has 0 atom stereocenters. The van der Waals surface area contributed by atoms with Gasteiger partial charge in [0.15, 0.2) is 5.16 Å². The third-order valence-electron chi connectivity index (χ3n) is 5.50. The van der Waals surface area contributed by atoms with Crippen LogP contribution in [0.5, 0.6) is 5.75 Å². The highest BCUT2D eigenvalue weighted by molar-refractivity contribution is 7.99. The van der Waals surface area contributed by atoms with Crippen molar-refractivity contribution in [1.82, 2.24) is 19.7 Å². The van der Waals surface area contributed by atoms with E-state index in [1.165, 1.54) is 22.9 Å². The summed E-state index contributed by atoms with van der Waals surface area (Å²) in [5.74, 6) is 1.47. The van der Waals surface area contributed by atoms with Crippen molar-refractivity contribution in [2.45, 2.75) is 31.5 Å². The highest BCUT2D eigenvalue weighted by atomic mass is 32.2. The topological polar surface area (TPSA) is 89.3 Å². The van der Waals surface area contributed by atoms with Gasteiger partial charge in [-0.15, -0.1) is 10.2 Å². The minimum atomic E-state index is -0.186. The molecule has 0 unspecified atom stereocenters. The minimum absolute atomic E-state index is 0.0762. The van der Waals surface area contributed by atoms with Crippen LogP contribution in [0.25, 0.3) is 0 Å². The monoisotopic (exact) mass is 465 g/mol. The Labute approximate surface area is 197 Å². The van der Waals surface area contributed by atoms with E-state index in [1.54, 1.807) is 16.7 Å². The Bertz CT molecular complexity index is 1130. The first kappa shape index (κ1) is 22.8. The molecule has 0 saturated carbocycles. The normalized spacial score (nSPS) is 12.8. The van der Waals surface area contributed by atoms with Crippen LogP contribution in [0.3, 0.4) is 0 Å². The summed E-state index contributed by atoms with van der Waals surface area (Å²) in [6, 6.07) is 15.5. The van der Waals surface area contributed by atoms with Crippen LogP contribution in [-0.4, -0.2) is 50.4 Å². The van der Waals surface area contributed by atoms with Crippen molar-refractivity contribution in [3.8, 4) is 5.75 Å². The first-order chi connectivity index (χ1) is 16.0. The largest absolute Gasteiger partial charge is 0.494 e. The lowest BCUT2D eigenvalue weighted by atomic mass is 10.00. The summed E-state index contributed by atoms with van der Waals surface area (Å²) >= 11 is 1.34. The fraction of sp³-hybridized carbons (Fsp3) is 0.333. The molecule has 0 bridgehead atoms. The summed E-state index contributed by atoms with van der Waals surface area (Å²) in [6.45, 7) is 3.89. The van der Waals surface area contributed by atoms with Crippen molar-refractivity contribution < 1.29 is 14.3 Å². The Balaban J connectivity index is 1.28. The van der Waals surface area contributed by atoms with E-state index in [9.17, 15) is 9.59 Å². The predicted octanol–water partition coefficient (Wildman–Crippen LogP) is 3.07. The SMILES string of the molecule is CCOc1ccc(NC(=O)Cc2nnc(SCC(=O)N3CCc4ccccc4C3)n2C)cc1. The van der Waals surface area contributed by atoms with Gasteiger partial charge in [-0.3, -0.25) is 9.59 Å². The Hall–Kier alpha value is -3.33. The van der Waals surface area contributed by atoms with Gasteiger partial charge in [-0.05, 0) is 48.7 Å². The average molecular weight is 466 g/mol. The molecule has 1 aromatic heterocycles. The van der Waals surface area contributed by atoms with Crippen molar-refractivity contribution in [3.63, 3.8) is 0 Å². The van der Waals surface area contributed by atoms with E-state index in [0.717, 1.165) is 18.7 Å². The standard InChI is InChI=1S/C24H27N5O3S/c1-3-32-20-10-8-19(9-11-20)25-22(30)14-21-26-27-24(28(21)2)33-16-23(31)29-13-12-17-6-4-5-7-18(17)15-29/h4-11H,3,12-16H2,1-2H3,(H,25,30). The lowest BCUT2D eigenvalue weighted by molar-refractivity contribution is -0.129. The second kappa shape index (κ2) is 10.5. The quantitative estimate of drug-likeness (QED) is 0.515. The number of anilines is 1. The lowest BCUT2D eigenvalue weighted by Crippen LogP contribution is -2.37. The van der Waals surface area contributed by atoms with Gasteiger partial charge in [-0.1, -0.05) is 36.0 Å². The average Bonchev–Trinajstić information content (AvgIpc) is 3.17. The van der Waals surface area contributed by atoms with Crippen LogP contribution >= 0.6 is 11.8 Å². The number of fused-ring (bicyclic) bond motifs is 1. The van der Waals surface area contributed by atoms with Gasteiger partial charge in [0.05, 0.1) is 18.8 Å². The van der Waals surface area contributed by atoms with Crippen LogP contribution in [-0.2, 0) is 36.0 Å². The number of aromatic nitrogens is 3. The molecule has 3 aromatic rings. The van der Waals surface area contributed by atoms with Crippen molar-refractivity contribution in [3.05, 3.63) is 65.5 Å². The minimum Gasteiger partial charge on any atom is -0.494 e. The van der Waals surface area contributed by atoms with Crippen molar-refractivity contribution in [2.24, 2.45) is 7.05 Å². The van der Waals surface area contributed by atoms with Crippen molar-refractivity contribution in [1.29, 1.82) is 0 Å². The number of nitrogens with one attached hydrogen (secondary N) is 1. The van der Waals surface area contributed by atoms with Crippen LogP contribution < -0.4 is 10.1 Å². The molecule has 0 spiro atoms. The third-order valence-corrected chi connectivity index (χ3v) is 6.51. The molecule has 1 N–H and O–H groups in total. The molecule has 2 aromatic carbocycles. The summed E-state index contributed by atoms with van der Waals surface area (Å²) in [7, 11) is 1.81. The fourth-order valence-corrected chi connectivity index (χ4v) is 4.53. The summed E-state index contributed by atoms with van der Waals surface area (Å²) < 4.78 is 7.18. The molecule has 33 heavy (non-hydrogen) atoms. The molecule has 1 aliphatic heterocycles. The molecule has 2 amide bonds. The van der Waals surface area contributed by atoms with Crippen molar-refractivity contribution >= 4 is 29.3 Å². The molecule has 2 heterocycles. The molecule has 172 valence electrons. The van der Waals surface area contributed by atoms with E-state index >= 15 is 0 Å². The maximum Gasteiger partial charge on any atom is 0.233 e. The molecule has 8 nitrogen and oxygen atoms in total. The maximum absolute atomic E-state index is 12.7. The number of carbonyl (C=O) groups is 2.